The van der Waals surface area contributed by atoms with Gasteiger partial charge in [0, 0.05) is 12.2 Å². The Bertz CT molecular complexity index is 503. The van der Waals surface area contributed by atoms with Gasteiger partial charge in [-0.2, -0.15) is 13.2 Å². The first-order chi connectivity index (χ1) is 9.39. The van der Waals surface area contributed by atoms with Gasteiger partial charge in [-0.05, 0) is 24.6 Å². The number of benzene rings is 1. The van der Waals surface area contributed by atoms with Crippen molar-refractivity contribution in [3.63, 3.8) is 0 Å². The number of halogens is 4. The number of carbonyl (C=O) groups is 1. The van der Waals surface area contributed by atoms with E-state index in [0.717, 1.165) is 6.07 Å². The van der Waals surface area contributed by atoms with Crippen molar-refractivity contribution in [2.45, 2.75) is 19.1 Å². The minimum atomic E-state index is -4.43. The summed E-state index contributed by atoms with van der Waals surface area (Å²) in [6.07, 6.45) is -4.43. The molecule has 0 saturated carbocycles. The Hall–Kier alpha value is -1.31. The standard InChI is InChI=1S/C13H15F3N2O2.ClH/c1-8-9(13(14,15)16)3-2-4-10(8)18-12(19)11-7-20-6-5-17-11;/h2-4,11,17H,5-7H2,1H3,(H,18,19);1H. The molecule has 1 aromatic rings. The molecule has 0 bridgehead atoms. The zero-order valence-corrected chi connectivity index (χ0v) is 12.1. The minimum Gasteiger partial charge on any atom is -0.378 e. The van der Waals surface area contributed by atoms with Gasteiger partial charge in [0.15, 0.2) is 0 Å². The number of alkyl halides is 3. The van der Waals surface area contributed by atoms with Crippen LogP contribution in [0.25, 0.3) is 0 Å². The third-order valence-corrected chi connectivity index (χ3v) is 3.14. The highest BCUT2D eigenvalue weighted by Gasteiger charge is 2.33. The smallest absolute Gasteiger partial charge is 0.378 e. The maximum Gasteiger partial charge on any atom is 0.416 e. The van der Waals surface area contributed by atoms with Crippen molar-refractivity contribution in [1.82, 2.24) is 5.32 Å². The van der Waals surface area contributed by atoms with Crippen LogP contribution in [0.1, 0.15) is 11.1 Å². The Morgan fingerprint density at radius 1 is 1.43 bits per heavy atom. The van der Waals surface area contributed by atoms with Crippen molar-refractivity contribution in [1.29, 1.82) is 0 Å². The Morgan fingerprint density at radius 3 is 2.71 bits per heavy atom. The third-order valence-electron chi connectivity index (χ3n) is 3.14. The fourth-order valence-electron chi connectivity index (χ4n) is 2.03. The monoisotopic (exact) mass is 324 g/mol. The Kier molecular flexibility index (Phi) is 6.00. The molecule has 1 fully saturated rings. The maximum absolute atomic E-state index is 12.8. The summed E-state index contributed by atoms with van der Waals surface area (Å²) in [5.74, 6) is -0.396. The van der Waals surface area contributed by atoms with Crippen LogP contribution in [0.15, 0.2) is 18.2 Å². The number of nitrogens with one attached hydrogen (secondary N) is 2. The summed E-state index contributed by atoms with van der Waals surface area (Å²) in [7, 11) is 0. The van der Waals surface area contributed by atoms with Gasteiger partial charge in [0.05, 0.1) is 18.8 Å². The number of rotatable bonds is 2. The lowest BCUT2D eigenvalue weighted by atomic mass is 10.1. The summed E-state index contributed by atoms with van der Waals surface area (Å²) in [6, 6.07) is 3.17. The first-order valence-electron chi connectivity index (χ1n) is 6.18. The molecule has 1 aliphatic heterocycles. The van der Waals surface area contributed by atoms with E-state index in [9.17, 15) is 18.0 Å². The van der Waals surface area contributed by atoms with E-state index in [-0.39, 0.29) is 30.3 Å². The summed E-state index contributed by atoms with van der Waals surface area (Å²) in [6.45, 7) is 2.61. The number of hydrogen-bond acceptors (Lipinski definition) is 3. The molecule has 118 valence electrons. The van der Waals surface area contributed by atoms with Gasteiger partial charge in [-0.1, -0.05) is 6.07 Å². The highest BCUT2D eigenvalue weighted by atomic mass is 35.5. The highest BCUT2D eigenvalue weighted by Crippen LogP contribution is 2.34. The van der Waals surface area contributed by atoms with E-state index < -0.39 is 23.7 Å². The van der Waals surface area contributed by atoms with Gasteiger partial charge in [-0.25, -0.2) is 0 Å². The molecule has 1 unspecified atom stereocenters. The third kappa shape index (κ3) is 4.33. The average molecular weight is 325 g/mol. The predicted octanol–water partition coefficient (Wildman–Crippen LogP) is 2.36. The molecule has 8 heteroatoms. The average Bonchev–Trinajstić information content (AvgIpc) is 2.40. The second-order valence-corrected chi connectivity index (χ2v) is 4.55. The highest BCUT2D eigenvalue weighted by molar-refractivity contribution is 5.95. The normalized spacial score (nSPS) is 18.8. The quantitative estimate of drug-likeness (QED) is 0.878. The number of amides is 1. The van der Waals surface area contributed by atoms with Crippen LogP contribution in [-0.2, 0) is 15.7 Å². The molecule has 0 aliphatic carbocycles. The fourth-order valence-corrected chi connectivity index (χ4v) is 2.03. The van der Waals surface area contributed by atoms with E-state index in [1.165, 1.54) is 19.1 Å². The second-order valence-electron chi connectivity index (χ2n) is 4.55. The first-order valence-corrected chi connectivity index (χ1v) is 6.18. The number of carbonyl (C=O) groups excluding carboxylic acids is 1. The fraction of sp³-hybridized carbons (Fsp3) is 0.462. The molecule has 1 atom stereocenters. The summed E-state index contributed by atoms with van der Waals surface area (Å²) in [4.78, 5) is 11.9. The van der Waals surface area contributed by atoms with Gasteiger partial charge in [0.2, 0.25) is 5.91 Å². The molecule has 4 nitrogen and oxygen atoms in total. The Balaban J connectivity index is 0.00000220. The number of hydrogen-bond donors (Lipinski definition) is 2. The van der Waals surface area contributed by atoms with Crippen LogP contribution in [0.4, 0.5) is 18.9 Å². The van der Waals surface area contributed by atoms with Gasteiger partial charge < -0.3 is 15.4 Å². The van der Waals surface area contributed by atoms with Crippen molar-refractivity contribution in [2.24, 2.45) is 0 Å². The lowest BCUT2D eigenvalue weighted by molar-refractivity contribution is -0.138. The van der Waals surface area contributed by atoms with Crippen LogP contribution in [-0.4, -0.2) is 31.7 Å². The molecular weight excluding hydrogens is 309 g/mol. The molecule has 21 heavy (non-hydrogen) atoms. The van der Waals surface area contributed by atoms with E-state index in [1.807, 2.05) is 0 Å². The van der Waals surface area contributed by atoms with Gasteiger partial charge in [0.1, 0.15) is 6.04 Å². The van der Waals surface area contributed by atoms with E-state index in [4.69, 9.17) is 4.74 Å². The zero-order valence-electron chi connectivity index (χ0n) is 11.3. The topological polar surface area (TPSA) is 50.4 Å². The lowest BCUT2D eigenvalue weighted by Crippen LogP contribution is -2.48. The molecule has 0 radical (unpaired) electrons. The molecule has 0 spiro atoms. The number of anilines is 1. The van der Waals surface area contributed by atoms with Gasteiger partial charge in [0.25, 0.3) is 0 Å². The molecule has 2 N–H and O–H groups in total. The molecule has 1 aliphatic rings. The molecular formula is C13H16ClF3N2O2. The molecule has 1 amide bonds. The molecule has 1 saturated heterocycles. The van der Waals surface area contributed by atoms with Crippen molar-refractivity contribution < 1.29 is 22.7 Å². The first kappa shape index (κ1) is 17.7. The molecule has 0 aromatic heterocycles. The van der Waals surface area contributed by atoms with E-state index in [1.54, 1.807) is 0 Å². The second kappa shape index (κ2) is 7.11. The summed E-state index contributed by atoms with van der Waals surface area (Å²) >= 11 is 0. The van der Waals surface area contributed by atoms with Crippen LogP contribution in [0, 0.1) is 6.92 Å². The lowest BCUT2D eigenvalue weighted by Gasteiger charge is -2.23. The van der Waals surface area contributed by atoms with Gasteiger partial charge >= 0.3 is 6.18 Å². The van der Waals surface area contributed by atoms with Crippen molar-refractivity contribution in [3.05, 3.63) is 29.3 Å². The van der Waals surface area contributed by atoms with Crippen LogP contribution in [0.2, 0.25) is 0 Å². The summed E-state index contributed by atoms with van der Waals surface area (Å²) in [5.41, 5.74) is -0.578. The van der Waals surface area contributed by atoms with Crippen molar-refractivity contribution in [3.8, 4) is 0 Å². The minimum absolute atomic E-state index is 0. The van der Waals surface area contributed by atoms with E-state index in [0.29, 0.717) is 13.2 Å². The van der Waals surface area contributed by atoms with Crippen LogP contribution in [0.5, 0.6) is 0 Å². The molecule has 2 rings (SSSR count). The predicted molar refractivity (Wildman–Crippen MR) is 74.7 cm³/mol. The number of morpholine rings is 1. The van der Waals surface area contributed by atoms with Crippen LogP contribution >= 0.6 is 12.4 Å². The van der Waals surface area contributed by atoms with E-state index >= 15 is 0 Å². The molecule has 1 heterocycles. The van der Waals surface area contributed by atoms with Crippen molar-refractivity contribution >= 4 is 24.0 Å². The number of ether oxygens (including phenoxy) is 1. The molecule has 1 aromatic carbocycles. The zero-order chi connectivity index (χ0) is 14.8. The van der Waals surface area contributed by atoms with Gasteiger partial charge in [-0.15, -0.1) is 12.4 Å². The Morgan fingerprint density at radius 2 is 2.14 bits per heavy atom. The largest absolute Gasteiger partial charge is 0.416 e. The van der Waals surface area contributed by atoms with E-state index in [2.05, 4.69) is 10.6 Å². The van der Waals surface area contributed by atoms with Crippen LogP contribution < -0.4 is 10.6 Å². The van der Waals surface area contributed by atoms with Gasteiger partial charge in [-0.3, -0.25) is 4.79 Å². The van der Waals surface area contributed by atoms with Crippen molar-refractivity contribution in [2.75, 3.05) is 25.1 Å². The SMILES string of the molecule is Cc1c(NC(=O)C2COCCN2)cccc1C(F)(F)F.Cl. The summed E-state index contributed by atoms with van der Waals surface area (Å²) in [5, 5.41) is 5.46. The van der Waals surface area contributed by atoms with Crippen LogP contribution in [0.3, 0.4) is 0 Å². The maximum atomic E-state index is 12.8. The Labute approximate surface area is 126 Å². The summed E-state index contributed by atoms with van der Waals surface area (Å²) < 4.78 is 43.5.